The van der Waals surface area contributed by atoms with Crippen molar-refractivity contribution in [3.05, 3.63) is 47.5 Å². The van der Waals surface area contributed by atoms with Gasteiger partial charge in [-0.25, -0.2) is 4.79 Å². The predicted octanol–water partition coefficient (Wildman–Crippen LogP) is 1.79. The van der Waals surface area contributed by atoms with Crippen LogP contribution in [0.15, 0.2) is 36.4 Å². The molecule has 2 rings (SSSR count). The van der Waals surface area contributed by atoms with Crippen molar-refractivity contribution in [2.45, 2.75) is 13.3 Å². The minimum atomic E-state index is -0.421. The zero-order valence-electron chi connectivity index (χ0n) is 11.2. The number of carbonyl (C=O) groups excluding carboxylic acids is 3. The van der Waals surface area contributed by atoms with Crippen molar-refractivity contribution in [3.8, 4) is 0 Å². The van der Waals surface area contributed by atoms with Crippen LogP contribution in [-0.2, 0) is 9.53 Å². The molecule has 5 heteroatoms. The van der Waals surface area contributed by atoms with Gasteiger partial charge in [-0.15, -0.1) is 0 Å². The number of fused-ring (bicyclic) bond motifs is 1. The summed E-state index contributed by atoms with van der Waals surface area (Å²) < 4.78 is 4.73. The molecule has 0 aliphatic carbocycles. The van der Waals surface area contributed by atoms with Crippen molar-refractivity contribution in [1.29, 1.82) is 0 Å². The average molecular weight is 273 g/mol. The van der Waals surface area contributed by atoms with Crippen LogP contribution in [0.5, 0.6) is 0 Å². The first-order chi connectivity index (χ1) is 9.65. The molecular formula is C15H15NO4. The largest absolute Gasteiger partial charge is 0.463 e. The summed E-state index contributed by atoms with van der Waals surface area (Å²) in [5, 5.41) is 0. The summed E-state index contributed by atoms with van der Waals surface area (Å²) in [7, 11) is 0. The summed E-state index contributed by atoms with van der Waals surface area (Å²) in [5.74, 6) is -0.986. The van der Waals surface area contributed by atoms with E-state index in [0.29, 0.717) is 24.2 Å². The van der Waals surface area contributed by atoms with E-state index in [-0.39, 0.29) is 18.4 Å². The summed E-state index contributed by atoms with van der Waals surface area (Å²) in [5.41, 5.74) is 0.874. The molecule has 0 atom stereocenters. The van der Waals surface area contributed by atoms with Crippen LogP contribution in [0.1, 0.15) is 34.1 Å². The number of hydrogen-bond donors (Lipinski definition) is 0. The first-order valence-electron chi connectivity index (χ1n) is 6.43. The highest BCUT2D eigenvalue weighted by molar-refractivity contribution is 6.21. The topological polar surface area (TPSA) is 63.7 Å². The lowest BCUT2D eigenvalue weighted by Gasteiger charge is -2.11. The Bertz CT molecular complexity index is 542. The van der Waals surface area contributed by atoms with Gasteiger partial charge < -0.3 is 4.74 Å². The fraction of sp³-hybridized carbons (Fsp3) is 0.267. The van der Waals surface area contributed by atoms with Gasteiger partial charge in [0, 0.05) is 12.6 Å². The van der Waals surface area contributed by atoms with E-state index in [4.69, 9.17) is 4.74 Å². The van der Waals surface area contributed by atoms with Crippen LogP contribution in [-0.4, -0.2) is 35.8 Å². The second-order valence-electron chi connectivity index (χ2n) is 4.25. The SMILES string of the molecule is CCOC(=O)C=CCCN1C(=O)c2ccccc2C1=O. The van der Waals surface area contributed by atoms with Gasteiger partial charge in [-0.05, 0) is 25.5 Å². The van der Waals surface area contributed by atoms with Crippen molar-refractivity contribution in [2.24, 2.45) is 0 Å². The number of esters is 1. The highest BCUT2D eigenvalue weighted by atomic mass is 16.5. The van der Waals surface area contributed by atoms with Gasteiger partial charge in [0.05, 0.1) is 17.7 Å². The Hall–Kier alpha value is -2.43. The van der Waals surface area contributed by atoms with Gasteiger partial charge in [0.1, 0.15) is 0 Å². The van der Waals surface area contributed by atoms with Crippen LogP contribution < -0.4 is 0 Å². The molecule has 0 spiro atoms. The molecule has 5 nitrogen and oxygen atoms in total. The number of ether oxygens (including phenoxy) is 1. The Morgan fingerprint density at radius 1 is 1.20 bits per heavy atom. The van der Waals surface area contributed by atoms with E-state index in [9.17, 15) is 14.4 Å². The van der Waals surface area contributed by atoms with Crippen LogP contribution in [0.2, 0.25) is 0 Å². The standard InChI is InChI=1S/C15H15NO4/c1-2-20-13(17)9-5-6-10-16-14(18)11-7-3-4-8-12(11)15(16)19/h3-5,7-9H,2,6,10H2,1H3. The molecule has 2 amide bonds. The summed E-state index contributed by atoms with van der Waals surface area (Å²) in [6.07, 6.45) is 3.33. The lowest BCUT2D eigenvalue weighted by molar-refractivity contribution is -0.137. The van der Waals surface area contributed by atoms with E-state index < -0.39 is 5.97 Å². The van der Waals surface area contributed by atoms with Gasteiger partial charge in [-0.1, -0.05) is 18.2 Å². The maximum Gasteiger partial charge on any atom is 0.330 e. The minimum Gasteiger partial charge on any atom is -0.463 e. The van der Waals surface area contributed by atoms with Gasteiger partial charge in [0.2, 0.25) is 0 Å². The second-order valence-corrected chi connectivity index (χ2v) is 4.25. The lowest BCUT2D eigenvalue weighted by atomic mass is 10.1. The zero-order valence-corrected chi connectivity index (χ0v) is 11.2. The molecule has 0 aromatic heterocycles. The Morgan fingerprint density at radius 3 is 2.35 bits per heavy atom. The van der Waals surface area contributed by atoms with Crippen molar-refractivity contribution in [2.75, 3.05) is 13.2 Å². The molecule has 104 valence electrons. The second kappa shape index (κ2) is 6.14. The third kappa shape index (κ3) is 2.77. The molecule has 1 aliphatic rings. The molecule has 0 bridgehead atoms. The maximum absolute atomic E-state index is 12.0. The summed E-state index contributed by atoms with van der Waals surface area (Å²) in [6.45, 7) is 2.30. The van der Waals surface area contributed by atoms with Crippen LogP contribution in [0.4, 0.5) is 0 Å². The van der Waals surface area contributed by atoms with Crippen molar-refractivity contribution >= 4 is 17.8 Å². The summed E-state index contributed by atoms with van der Waals surface area (Å²) in [6, 6.07) is 6.75. The van der Waals surface area contributed by atoms with E-state index in [2.05, 4.69) is 0 Å². The van der Waals surface area contributed by atoms with Crippen molar-refractivity contribution in [3.63, 3.8) is 0 Å². The van der Waals surface area contributed by atoms with E-state index in [1.165, 1.54) is 11.0 Å². The Morgan fingerprint density at radius 2 is 1.80 bits per heavy atom. The molecule has 1 aromatic rings. The fourth-order valence-electron chi connectivity index (χ4n) is 2.02. The average Bonchev–Trinajstić information content (AvgIpc) is 2.69. The number of hydrogen-bond acceptors (Lipinski definition) is 4. The lowest BCUT2D eigenvalue weighted by Crippen LogP contribution is -2.30. The molecule has 0 radical (unpaired) electrons. The van der Waals surface area contributed by atoms with Crippen LogP contribution >= 0.6 is 0 Å². The molecule has 1 heterocycles. The fourth-order valence-corrected chi connectivity index (χ4v) is 2.02. The number of nitrogens with zero attached hydrogens (tertiary/aromatic N) is 1. The summed E-state index contributed by atoms with van der Waals surface area (Å²) >= 11 is 0. The maximum atomic E-state index is 12.0. The van der Waals surface area contributed by atoms with Crippen LogP contribution in [0.3, 0.4) is 0 Å². The predicted molar refractivity (Wildman–Crippen MR) is 72.2 cm³/mol. The number of benzene rings is 1. The van der Waals surface area contributed by atoms with E-state index in [0.717, 1.165) is 0 Å². The molecule has 0 unspecified atom stereocenters. The first kappa shape index (κ1) is 14.0. The Kier molecular flexibility index (Phi) is 4.30. The molecule has 0 N–H and O–H groups in total. The van der Waals surface area contributed by atoms with Gasteiger partial charge in [-0.2, -0.15) is 0 Å². The number of rotatable bonds is 5. The third-order valence-electron chi connectivity index (χ3n) is 2.94. The van der Waals surface area contributed by atoms with E-state index in [1.807, 2.05) is 0 Å². The molecule has 1 aromatic carbocycles. The highest BCUT2D eigenvalue weighted by Crippen LogP contribution is 2.22. The summed E-state index contributed by atoms with van der Waals surface area (Å²) in [4.78, 5) is 36.3. The zero-order chi connectivity index (χ0) is 14.5. The van der Waals surface area contributed by atoms with Gasteiger partial charge in [0.25, 0.3) is 11.8 Å². The van der Waals surface area contributed by atoms with E-state index in [1.54, 1.807) is 37.3 Å². The van der Waals surface area contributed by atoms with Gasteiger partial charge in [-0.3, -0.25) is 14.5 Å². The number of carbonyl (C=O) groups is 3. The van der Waals surface area contributed by atoms with Gasteiger partial charge >= 0.3 is 5.97 Å². The molecule has 0 saturated carbocycles. The molecule has 20 heavy (non-hydrogen) atoms. The van der Waals surface area contributed by atoms with Crippen molar-refractivity contribution < 1.29 is 19.1 Å². The highest BCUT2D eigenvalue weighted by Gasteiger charge is 2.34. The Balaban J connectivity index is 1.94. The molecular weight excluding hydrogens is 258 g/mol. The smallest absolute Gasteiger partial charge is 0.330 e. The first-order valence-corrected chi connectivity index (χ1v) is 6.43. The van der Waals surface area contributed by atoms with Crippen LogP contribution in [0, 0.1) is 0 Å². The molecule has 0 fully saturated rings. The van der Waals surface area contributed by atoms with Crippen molar-refractivity contribution in [1.82, 2.24) is 4.90 Å². The molecule has 0 saturated heterocycles. The Labute approximate surface area is 116 Å². The number of amides is 2. The van der Waals surface area contributed by atoms with Crippen LogP contribution in [0.25, 0.3) is 0 Å². The normalized spacial score (nSPS) is 13.9. The minimum absolute atomic E-state index is 0.252. The number of imide groups is 1. The monoisotopic (exact) mass is 273 g/mol. The molecule has 1 aliphatic heterocycles. The van der Waals surface area contributed by atoms with E-state index >= 15 is 0 Å². The quantitative estimate of drug-likeness (QED) is 0.466. The third-order valence-corrected chi connectivity index (χ3v) is 2.94. The van der Waals surface area contributed by atoms with Gasteiger partial charge in [0.15, 0.2) is 0 Å².